The number of aliphatic hydroxyl groups is 1. The zero-order valence-corrected chi connectivity index (χ0v) is 14.3. The van der Waals surface area contributed by atoms with E-state index in [1.165, 1.54) is 6.42 Å². The van der Waals surface area contributed by atoms with Gasteiger partial charge >= 0.3 is 0 Å². The zero-order valence-electron chi connectivity index (χ0n) is 14.3. The molecule has 1 aliphatic heterocycles. The molecule has 7 atom stereocenters. The average molecular weight is 329 g/mol. The van der Waals surface area contributed by atoms with Crippen LogP contribution in [0.3, 0.4) is 0 Å². The van der Waals surface area contributed by atoms with Gasteiger partial charge in [0.15, 0.2) is 0 Å². The Hall–Kier alpha value is -1.12. The van der Waals surface area contributed by atoms with Gasteiger partial charge in [0, 0.05) is 6.04 Å². The lowest BCUT2D eigenvalue weighted by atomic mass is 9.46. The zero-order chi connectivity index (χ0) is 16.9. The van der Waals surface area contributed by atoms with Crippen molar-refractivity contribution in [1.82, 2.24) is 4.90 Å². The molecule has 0 aromatic rings. The van der Waals surface area contributed by atoms with Crippen LogP contribution >= 0.6 is 0 Å². The van der Waals surface area contributed by atoms with Crippen molar-refractivity contribution in [3.8, 4) is 6.07 Å². The highest BCUT2D eigenvalue weighted by molar-refractivity contribution is 5.84. The van der Waals surface area contributed by atoms with Crippen molar-refractivity contribution in [1.29, 1.82) is 5.26 Å². The molecule has 24 heavy (non-hydrogen) atoms. The van der Waals surface area contributed by atoms with E-state index >= 15 is 0 Å². The third-order valence-corrected chi connectivity index (χ3v) is 8.07. The topological polar surface area (TPSA) is 90.4 Å². The quantitative estimate of drug-likeness (QED) is 0.801. The Morgan fingerprint density at radius 2 is 1.96 bits per heavy atom. The summed E-state index contributed by atoms with van der Waals surface area (Å²) in [7, 11) is 0. The number of nitriles is 1. The number of hydrogen-bond donors (Lipinski definition) is 2. The average Bonchev–Trinajstić information content (AvgIpc) is 2.96. The van der Waals surface area contributed by atoms with Gasteiger partial charge in [0.2, 0.25) is 5.91 Å². The maximum absolute atomic E-state index is 13.3. The minimum Gasteiger partial charge on any atom is -0.390 e. The number of nitrogens with two attached hydrogens (primary N) is 1. The maximum atomic E-state index is 13.3. The Morgan fingerprint density at radius 3 is 2.54 bits per heavy atom. The van der Waals surface area contributed by atoms with Gasteiger partial charge in [-0.25, -0.2) is 0 Å². The summed E-state index contributed by atoms with van der Waals surface area (Å²) in [6, 6.07) is 1.68. The Labute approximate surface area is 143 Å². The normalized spacial score (nSPS) is 55.2. The van der Waals surface area contributed by atoms with Crippen LogP contribution in [0.2, 0.25) is 0 Å². The lowest BCUT2D eigenvalue weighted by molar-refractivity contribution is -0.177. The molecule has 1 amide bonds. The first kappa shape index (κ1) is 15.2. The number of amides is 1. The molecular formula is C19H27N3O2. The minimum atomic E-state index is -0.600. The third kappa shape index (κ3) is 1.84. The molecule has 4 bridgehead atoms. The van der Waals surface area contributed by atoms with E-state index in [4.69, 9.17) is 5.73 Å². The Morgan fingerprint density at radius 1 is 1.29 bits per heavy atom. The van der Waals surface area contributed by atoms with Gasteiger partial charge in [0.25, 0.3) is 0 Å². The number of piperidine rings is 1. The molecule has 1 heterocycles. The van der Waals surface area contributed by atoms with Crippen LogP contribution in [0.4, 0.5) is 0 Å². The van der Waals surface area contributed by atoms with E-state index in [0.29, 0.717) is 30.1 Å². The lowest BCUT2D eigenvalue weighted by Gasteiger charge is -2.61. The van der Waals surface area contributed by atoms with E-state index in [2.05, 4.69) is 13.0 Å². The molecule has 0 aromatic heterocycles. The molecule has 6 rings (SSSR count). The fourth-order valence-electron chi connectivity index (χ4n) is 7.40. The SMILES string of the molecule is C[C@H]1C2C[C@@H](C#N)N(C(=O)[C@@H](N)C34CC5CC(CC(O)(C5)C3)C4)[C@H]21. The molecule has 1 saturated heterocycles. The molecule has 6 fully saturated rings. The van der Waals surface area contributed by atoms with Crippen LogP contribution < -0.4 is 5.73 Å². The van der Waals surface area contributed by atoms with Crippen molar-refractivity contribution >= 4 is 5.91 Å². The molecule has 5 aliphatic carbocycles. The fraction of sp³-hybridized carbons (Fsp3) is 0.895. The monoisotopic (exact) mass is 329 g/mol. The van der Waals surface area contributed by atoms with E-state index in [0.717, 1.165) is 32.1 Å². The fourth-order valence-corrected chi connectivity index (χ4v) is 7.40. The van der Waals surface area contributed by atoms with Crippen LogP contribution in [0.1, 0.15) is 51.9 Å². The summed E-state index contributed by atoms with van der Waals surface area (Å²) in [5.74, 6) is 2.02. The predicted molar refractivity (Wildman–Crippen MR) is 87.3 cm³/mol. The molecule has 130 valence electrons. The predicted octanol–water partition coefficient (Wildman–Crippen LogP) is 1.40. The number of carbonyl (C=O) groups excluding carboxylic acids is 1. The Bertz CT molecular complexity index is 627. The Kier molecular flexibility index (Phi) is 2.86. The first-order valence-electron chi connectivity index (χ1n) is 9.56. The summed E-state index contributed by atoms with van der Waals surface area (Å²) < 4.78 is 0. The summed E-state index contributed by atoms with van der Waals surface area (Å²) in [6.45, 7) is 2.17. The van der Waals surface area contributed by atoms with Crippen LogP contribution in [0.5, 0.6) is 0 Å². The second kappa shape index (κ2) is 4.53. The highest BCUT2D eigenvalue weighted by Gasteiger charge is 2.64. The molecule has 6 aliphatic rings. The van der Waals surface area contributed by atoms with E-state index in [-0.39, 0.29) is 23.4 Å². The van der Waals surface area contributed by atoms with Crippen LogP contribution in [0, 0.1) is 40.4 Å². The van der Waals surface area contributed by atoms with Crippen molar-refractivity contribution in [2.24, 2.45) is 34.8 Å². The molecule has 5 heteroatoms. The van der Waals surface area contributed by atoms with Gasteiger partial charge in [0.1, 0.15) is 6.04 Å². The summed E-state index contributed by atoms with van der Waals surface area (Å²) in [5.41, 5.74) is 5.74. The molecule has 5 nitrogen and oxygen atoms in total. The number of rotatable bonds is 2. The van der Waals surface area contributed by atoms with Gasteiger partial charge in [-0.05, 0) is 74.0 Å². The van der Waals surface area contributed by atoms with Crippen molar-refractivity contribution in [2.45, 2.75) is 75.6 Å². The first-order chi connectivity index (χ1) is 11.4. The number of hydrogen-bond acceptors (Lipinski definition) is 4. The van der Waals surface area contributed by atoms with E-state index in [9.17, 15) is 15.2 Å². The second-order valence-corrected chi connectivity index (χ2v) is 9.67. The Balaban J connectivity index is 1.43. The van der Waals surface area contributed by atoms with Crippen molar-refractivity contribution in [3.05, 3.63) is 0 Å². The van der Waals surface area contributed by atoms with Crippen LogP contribution in [0.15, 0.2) is 0 Å². The van der Waals surface area contributed by atoms with Gasteiger partial charge in [0.05, 0.1) is 17.7 Å². The molecule has 5 saturated carbocycles. The molecule has 3 N–H and O–H groups in total. The summed E-state index contributed by atoms with van der Waals surface area (Å²) in [6.07, 6.45) is 6.41. The highest BCUT2D eigenvalue weighted by Crippen LogP contribution is 2.63. The highest BCUT2D eigenvalue weighted by atomic mass is 16.3. The summed E-state index contributed by atoms with van der Waals surface area (Å²) >= 11 is 0. The molecule has 0 radical (unpaired) electrons. The van der Waals surface area contributed by atoms with Gasteiger partial charge < -0.3 is 15.7 Å². The summed E-state index contributed by atoms with van der Waals surface area (Å²) in [5, 5.41) is 20.4. The van der Waals surface area contributed by atoms with E-state index in [1.54, 1.807) is 0 Å². The van der Waals surface area contributed by atoms with E-state index in [1.807, 2.05) is 4.90 Å². The molecule has 0 aromatic carbocycles. The molecular weight excluding hydrogens is 302 g/mol. The third-order valence-electron chi connectivity index (χ3n) is 8.07. The first-order valence-corrected chi connectivity index (χ1v) is 9.56. The van der Waals surface area contributed by atoms with E-state index < -0.39 is 11.6 Å². The maximum Gasteiger partial charge on any atom is 0.241 e. The molecule has 0 spiro atoms. The standard InChI is InChI=1S/C19H27N3O2/c1-10-14-3-13(8-20)22(15(10)14)17(23)16(21)18-4-11-2-12(5-18)7-19(24,6-11)9-18/h10-16,24H,2-7,9,21H2,1H3/t10-,11?,12?,13-,14?,15-,16+,18?,19?/m0/s1. The van der Waals surface area contributed by atoms with Gasteiger partial charge in [-0.1, -0.05) is 6.92 Å². The van der Waals surface area contributed by atoms with Crippen molar-refractivity contribution in [2.75, 3.05) is 0 Å². The number of carbonyl (C=O) groups is 1. The van der Waals surface area contributed by atoms with Gasteiger partial charge in [-0.15, -0.1) is 0 Å². The van der Waals surface area contributed by atoms with Gasteiger partial charge in [-0.2, -0.15) is 5.26 Å². The number of nitrogens with zero attached hydrogens (tertiary/aromatic N) is 2. The minimum absolute atomic E-state index is 0.0241. The largest absolute Gasteiger partial charge is 0.390 e. The van der Waals surface area contributed by atoms with Crippen LogP contribution in [0.25, 0.3) is 0 Å². The number of likely N-dealkylation sites (tertiary alicyclic amines) is 1. The smallest absolute Gasteiger partial charge is 0.241 e. The lowest BCUT2D eigenvalue weighted by Crippen LogP contribution is -2.65. The van der Waals surface area contributed by atoms with Crippen molar-refractivity contribution in [3.63, 3.8) is 0 Å². The summed E-state index contributed by atoms with van der Waals surface area (Å²) in [4.78, 5) is 15.1. The van der Waals surface area contributed by atoms with Crippen LogP contribution in [-0.4, -0.2) is 39.6 Å². The van der Waals surface area contributed by atoms with Crippen LogP contribution in [-0.2, 0) is 4.79 Å². The van der Waals surface area contributed by atoms with Crippen molar-refractivity contribution < 1.29 is 9.90 Å². The second-order valence-electron chi connectivity index (χ2n) is 9.67. The van der Waals surface area contributed by atoms with Gasteiger partial charge in [-0.3, -0.25) is 4.79 Å². The molecule has 3 unspecified atom stereocenters. The number of fused-ring (bicyclic) bond motifs is 1.